The van der Waals surface area contributed by atoms with Gasteiger partial charge in [-0.05, 0) is 44.2 Å². The van der Waals surface area contributed by atoms with Gasteiger partial charge in [0.1, 0.15) is 17.3 Å². The third-order valence-electron chi connectivity index (χ3n) is 5.74. The number of hydrogen-bond donors (Lipinski definition) is 2. The number of piperazine rings is 1. The van der Waals surface area contributed by atoms with Gasteiger partial charge in [-0.25, -0.2) is 4.39 Å². The number of nitrogens with one attached hydrogen (secondary N) is 1. The highest BCUT2D eigenvalue weighted by atomic mass is 19.1. The lowest BCUT2D eigenvalue weighted by Gasteiger charge is -2.44. The van der Waals surface area contributed by atoms with Gasteiger partial charge in [-0.2, -0.15) is 0 Å². The zero-order chi connectivity index (χ0) is 22.3. The zero-order valence-electron chi connectivity index (χ0n) is 17.6. The van der Waals surface area contributed by atoms with Crippen LogP contribution in [0.5, 0.6) is 11.5 Å². The summed E-state index contributed by atoms with van der Waals surface area (Å²) in [7, 11) is 1.44. The topological polar surface area (TPSA) is 85.9 Å². The van der Waals surface area contributed by atoms with Crippen LogP contribution in [0.25, 0.3) is 10.9 Å². The van der Waals surface area contributed by atoms with E-state index in [-0.39, 0.29) is 29.3 Å². The van der Waals surface area contributed by atoms with Gasteiger partial charge in [0.25, 0.3) is 11.8 Å². The van der Waals surface area contributed by atoms with Crippen molar-refractivity contribution >= 4 is 22.7 Å². The maximum absolute atomic E-state index is 14.5. The second-order valence-electron chi connectivity index (χ2n) is 7.90. The molecule has 8 heteroatoms. The van der Waals surface area contributed by atoms with Gasteiger partial charge >= 0.3 is 0 Å². The molecule has 1 aromatic heterocycles. The quantitative estimate of drug-likeness (QED) is 0.674. The molecule has 2 heterocycles. The predicted molar refractivity (Wildman–Crippen MR) is 114 cm³/mol. The summed E-state index contributed by atoms with van der Waals surface area (Å²) in [5.74, 6) is -0.807. The molecule has 162 valence electrons. The van der Waals surface area contributed by atoms with Gasteiger partial charge in [0, 0.05) is 48.3 Å². The number of H-pyrrole nitrogens is 1. The average Bonchev–Trinajstić information content (AvgIpc) is 3.15. The van der Waals surface area contributed by atoms with E-state index in [2.05, 4.69) is 4.98 Å². The van der Waals surface area contributed by atoms with Gasteiger partial charge in [-0.3, -0.25) is 9.59 Å². The molecule has 0 bridgehead atoms. The van der Waals surface area contributed by atoms with Crippen LogP contribution >= 0.6 is 0 Å². The van der Waals surface area contributed by atoms with Crippen LogP contribution in [0.2, 0.25) is 0 Å². The van der Waals surface area contributed by atoms with E-state index >= 15 is 0 Å². The fourth-order valence-corrected chi connectivity index (χ4v) is 4.28. The molecular formula is C23H24FN3O4. The molecule has 1 aliphatic rings. The minimum atomic E-state index is -0.638. The molecule has 2 amide bonds. The first-order chi connectivity index (χ1) is 14.8. The van der Waals surface area contributed by atoms with E-state index in [1.165, 1.54) is 19.2 Å². The van der Waals surface area contributed by atoms with E-state index in [1.54, 1.807) is 40.3 Å². The average molecular weight is 425 g/mol. The molecule has 0 saturated carbocycles. The van der Waals surface area contributed by atoms with Gasteiger partial charge in [0.15, 0.2) is 0 Å². The summed E-state index contributed by atoms with van der Waals surface area (Å²) in [5, 5.41) is 10.4. The number of nitrogens with zero attached hydrogens (tertiary/aromatic N) is 2. The SMILES string of the molecule is COc1ccc(C(=O)N2[C@H](C)CN(C(=O)c3c[nH]c4ccc(O)cc34)C[C@H]2C)c(F)c1. The number of hydrogen-bond acceptors (Lipinski definition) is 4. The van der Waals surface area contributed by atoms with E-state index in [0.29, 0.717) is 29.8 Å². The van der Waals surface area contributed by atoms with Crippen LogP contribution in [0.15, 0.2) is 42.6 Å². The molecule has 2 atom stereocenters. The van der Waals surface area contributed by atoms with Crippen molar-refractivity contribution in [2.45, 2.75) is 25.9 Å². The highest BCUT2D eigenvalue weighted by Gasteiger charge is 2.36. The lowest BCUT2D eigenvalue weighted by molar-refractivity contribution is 0.0252. The van der Waals surface area contributed by atoms with Gasteiger partial charge in [0.05, 0.1) is 18.2 Å². The molecule has 1 fully saturated rings. The molecule has 2 N–H and O–H groups in total. The highest BCUT2D eigenvalue weighted by Crippen LogP contribution is 2.27. The number of halogens is 1. The van der Waals surface area contributed by atoms with Gasteiger partial charge in [-0.15, -0.1) is 0 Å². The number of benzene rings is 2. The van der Waals surface area contributed by atoms with Crippen molar-refractivity contribution in [1.82, 2.24) is 14.8 Å². The van der Waals surface area contributed by atoms with Crippen LogP contribution in [0.3, 0.4) is 0 Å². The van der Waals surface area contributed by atoms with Crippen LogP contribution in [0, 0.1) is 5.82 Å². The molecule has 0 unspecified atom stereocenters. The number of fused-ring (bicyclic) bond motifs is 1. The maximum atomic E-state index is 14.5. The summed E-state index contributed by atoms with van der Waals surface area (Å²) in [6, 6.07) is 8.38. The number of phenolic OH excluding ortho intramolecular Hbond substituents is 1. The lowest BCUT2D eigenvalue weighted by atomic mass is 10.0. The fourth-order valence-electron chi connectivity index (χ4n) is 4.28. The van der Waals surface area contributed by atoms with E-state index in [0.717, 1.165) is 5.52 Å². The summed E-state index contributed by atoms with van der Waals surface area (Å²) in [4.78, 5) is 32.6. The number of aromatic nitrogens is 1. The summed E-state index contributed by atoms with van der Waals surface area (Å²) in [6.07, 6.45) is 1.63. The first-order valence-corrected chi connectivity index (χ1v) is 10.1. The Morgan fingerprint density at radius 3 is 2.42 bits per heavy atom. The summed E-state index contributed by atoms with van der Waals surface area (Å²) in [6.45, 7) is 4.32. The summed E-state index contributed by atoms with van der Waals surface area (Å²) < 4.78 is 19.5. The molecular weight excluding hydrogens is 401 g/mol. The Kier molecular flexibility index (Phi) is 5.31. The van der Waals surface area contributed by atoms with Crippen molar-refractivity contribution in [1.29, 1.82) is 0 Å². The monoisotopic (exact) mass is 425 g/mol. The molecule has 4 rings (SSSR count). The molecule has 31 heavy (non-hydrogen) atoms. The Bertz CT molecular complexity index is 1150. The Hall–Kier alpha value is -3.55. The number of rotatable bonds is 3. The fraction of sp³-hybridized carbons (Fsp3) is 0.304. The Morgan fingerprint density at radius 1 is 1.06 bits per heavy atom. The molecule has 1 saturated heterocycles. The van der Waals surface area contributed by atoms with E-state index in [9.17, 15) is 19.1 Å². The van der Waals surface area contributed by atoms with E-state index < -0.39 is 11.7 Å². The van der Waals surface area contributed by atoms with Crippen molar-refractivity contribution in [2.24, 2.45) is 0 Å². The number of carbonyl (C=O) groups excluding carboxylic acids is 2. The second-order valence-corrected chi connectivity index (χ2v) is 7.90. The van der Waals surface area contributed by atoms with Crippen molar-refractivity contribution in [2.75, 3.05) is 20.2 Å². The minimum absolute atomic E-state index is 0.0219. The van der Waals surface area contributed by atoms with Crippen LogP contribution in [0.4, 0.5) is 4.39 Å². The first-order valence-electron chi connectivity index (χ1n) is 10.1. The van der Waals surface area contributed by atoms with Gasteiger partial charge in [-0.1, -0.05) is 0 Å². The molecule has 0 radical (unpaired) electrons. The lowest BCUT2D eigenvalue weighted by Crippen LogP contribution is -2.59. The molecule has 7 nitrogen and oxygen atoms in total. The third kappa shape index (κ3) is 3.69. The Labute approximate surface area is 179 Å². The van der Waals surface area contributed by atoms with Gasteiger partial charge < -0.3 is 24.6 Å². The van der Waals surface area contributed by atoms with Crippen molar-refractivity contribution in [3.05, 3.63) is 59.5 Å². The number of phenols is 1. The van der Waals surface area contributed by atoms with Crippen molar-refractivity contribution in [3.63, 3.8) is 0 Å². The standard InChI is InChI=1S/C23H24FN3O4/c1-13-11-26(22(29)19-10-25-21-7-4-15(28)8-18(19)21)12-14(2)27(13)23(30)17-6-5-16(31-3)9-20(17)24/h4-10,13-14,25,28H,11-12H2,1-3H3/t13-,14-/m1/s1. The number of ether oxygens (including phenoxy) is 1. The molecule has 0 spiro atoms. The summed E-state index contributed by atoms with van der Waals surface area (Å²) in [5.41, 5.74) is 1.20. The molecule has 2 aromatic carbocycles. The molecule has 3 aromatic rings. The van der Waals surface area contributed by atoms with Crippen LogP contribution < -0.4 is 4.74 Å². The normalized spacial score (nSPS) is 19.0. The third-order valence-corrected chi connectivity index (χ3v) is 5.74. The first kappa shape index (κ1) is 20.7. The smallest absolute Gasteiger partial charge is 0.257 e. The summed E-state index contributed by atoms with van der Waals surface area (Å²) >= 11 is 0. The number of aromatic amines is 1. The number of carbonyl (C=O) groups is 2. The zero-order valence-corrected chi connectivity index (χ0v) is 17.6. The maximum Gasteiger partial charge on any atom is 0.257 e. The number of methoxy groups -OCH3 is 1. The largest absolute Gasteiger partial charge is 0.508 e. The highest BCUT2D eigenvalue weighted by molar-refractivity contribution is 6.07. The predicted octanol–water partition coefficient (Wildman–Crippen LogP) is 3.40. The minimum Gasteiger partial charge on any atom is -0.508 e. The van der Waals surface area contributed by atoms with Crippen LogP contribution in [-0.2, 0) is 0 Å². The van der Waals surface area contributed by atoms with Crippen molar-refractivity contribution in [3.8, 4) is 11.5 Å². The van der Waals surface area contributed by atoms with E-state index in [1.807, 2.05) is 13.8 Å². The number of amides is 2. The van der Waals surface area contributed by atoms with Crippen LogP contribution in [0.1, 0.15) is 34.6 Å². The van der Waals surface area contributed by atoms with Crippen LogP contribution in [-0.4, -0.2) is 64.0 Å². The van der Waals surface area contributed by atoms with E-state index in [4.69, 9.17) is 4.74 Å². The number of aromatic hydroxyl groups is 1. The Balaban J connectivity index is 1.55. The molecule has 0 aliphatic carbocycles. The Morgan fingerprint density at radius 2 is 1.77 bits per heavy atom. The second kappa shape index (κ2) is 7.94. The van der Waals surface area contributed by atoms with Crippen molar-refractivity contribution < 1.29 is 23.8 Å². The molecule has 1 aliphatic heterocycles. The van der Waals surface area contributed by atoms with Gasteiger partial charge in [0.2, 0.25) is 0 Å².